The SMILES string of the molecule is C.C.Ic1cnc2cccnc2c1.O[n+]1cccc2ncc(I)cc21. The number of hydrogen-bond acceptors (Lipinski definition) is 4. The first kappa shape index (κ1) is 21.4. The maximum Gasteiger partial charge on any atom is 0.283 e. The Kier molecular flexibility index (Phi) is 8.36. The maximum absolute atomic E-state index is 9.37. The molecule has 7 heteroatoms. The summed E-state index contributed by atoms with van der Waals surface area (Å²) in [6.45, 7) is 0. The first-order valence-electron chi connectivity index (χ1n) is 6.65. The van der Waals surface area contributed by atoms with Gasteiger partial charge in [0.1, 0.15) is 5.52 Å². The summed E-state index contributed by atoms with van der Waals surface area (Å²) in [6, 6.07) is 11.4. The topological polar surface area (TPSA) is 62.8 Å². The van der Waals surface area contributed by atoms with Crippen LogP contribution in [0.3, 0.4) is 0 Å². The van der Waals surface area contributed by atoms with Gasteiger partial charge >= 0.3 is 0 Å². The van der Waals surface area contributed by atoms with Gasteiger partial charge in [-0.1, -0.05) is 14.9 Å². The van der Waals surface area contributed by atoms with Crippen molar-refractivity contribution in [2.45, 2.75) is 14.9 Å². The van der Waals surface area contributed by atoms with Crippen molar-refractivity contribution in [1.29, 1.82) is 0 Å². The molecule has 0 aliphatic carbocycles. The summed E-state index contributed by atoms with van der Waals surface area (Å²) >= 11 is 4.38. The summed E-state index contributed by atoms with van der Waals surface area (Å²) < 4.78 is 3.20. The first-order chi connectivity index (χ1) is 11.1. The molecule has 0 saturated carbocycles. The van der Waals surface area contributed by atoms with Crippen LogP contribution in [-0.2, 0) is 0 Å². The predicted octanol–water partition coefficient (Wildman–Crippen LogP) is 4.87. The van der Waals surface area contributed by atoms with Crippen LogP contribution in [0.1, 0.15) is 14.9 Å². The van der Waals surface area contributed by atoms with Crippen LogP contribution >= 0.6 is 45.2 Å². The second-order valence-electron chi connectivity index (χ2n) is 4.61. The molecular weight excluding hydrogens is 542 g/mol. The van der Waals surface area contributed by atoms with Crippen LogP contribution in [0.4, 0.5) is 0 Å². The Balaban J connectivity index is 0.000000232. The molecule has 1 N–H and O–H groups in total. The molecule has 0 radical (unpaired) electrons. The van der Waals surface area contributed by atoms with Crippen molar-refractivity contribution >= 4 is 67.2 Å². The van der Waals surface area contributed by atoms with Gasteiger partial charge in [0.25, 0.3) is 5.52 Å². The normalized spacial score (nSPS) is 9.52. The number of aromatic nitrogens is 4. The van der Waals surface area contributed by atoms with Crippen LogP contribution in [0.25, 0.3) is 22.1 Å². The van der Waals surface area contributed by atoms with E-state index >= 15 is 0 Å². The van der Waals surface area contributed by atoms with Crippen LogP contribution < -0.4 is 4.73 Å². The average molecular weight is 561 g/mol. The Labute approximate surface area is 174 Å². The molecule has 4 rings (SSSR count). The summed E-state index contributed by atoms with van der Waals surface area (Å²) in [6.07, 6.45) is 6.97. The molecule has 0 fully saturated rings. The van der Waals surface area contributed by atoms with Gasteiger partial charge in [-0.05, 0) is 69.4 Å². The minimum atomic E-state index is 0. The highest BCUT2D eigenvalue weighted by atomic mass is 127. The van der Waals surface area contributed by atoms with E-state index in [1.807, 2.05) is 36.5 Å². The van der Waals surface area contributed by atoms with E-state index in [-0.39, 0.29) is 14.9 Å². The number of pyridine rings is 4. The van der Waals surface area contributed by atoms with Gasteiger partial charge in [-0.25, -0.2) is 4.98 Å². The lowest BCUT2D eigenvalue weighted by Gasteiger charge is -1.94. The summed E-state index contributed by atoms with van der Waals surface area (Å²) in [7, 11) is 0. The van der Waals surface area contributed by atoms with Crippen LogP contribution in [0, 0.1) is 7.14 Å². The van der Waals surface area contributed by atoms with Crippen molar-refractivity contribution in [2.24, 2.45) is 0 Å². The van der Waals surface area contributed by atoms with Gasteiger partial charge in [-0.15, -0.1) is 0 Å². The molecule has 5 nitrogen and oxygen atoms in total. The number of fused-ring (bicyclic) bond motifs is 2. The summed E-state index contributed by atoms with van der Waals surface area (Å²) in [4.78, 5) is 12.5. The van der Waals surface area contributed by atoms with Gasteiger partial charge in [0.15, 0.2) is 0 Å². The van der Waals surface area contributed by atoms with E-state index in [0.717, 1.165) is 33.9 Å². The van der Waals surface area contributed by atoms with Gasteiger partial charge in [0.2, 0.25) is 6.20 Å². The van der Waals surface area contributed by atoms with Gasteiger partial charge in [0, 0.05) is 42.6 Å². The molecule has 0 bridgehead atoms. The fourth-order valence-electron chi connectivity index (χ4n) is 1.98. The molecule has 0 aromatic carbocycles. The molecule has 0 unspecified atom stereocenters. The molecule has 4 aromatic heterocycles. The van der Waals surface area contributed by atoms with Crippen molar-refractivity contribution in [3.8, 4) is 0 Å². The summed E-state index contributed by atoms with van der Waals surface area (Å²) in [5.74, 6) is 0. The molecule has 4 aromatic rings. The van der Waals surface area contributed by atoms with E-state index in [1.54, 1.807) is 24.7 Å². The second kappa shape index (κ2) is 9.76. The highest BCUT2D eigenvalue weighted by molar-refractivity contribution is 14.1. The van der Waals surface area contributed by atoms with Crippen molar-refractivity contribution in [3.05, 3.63) is 68.3 Å². The van der Waals surface area contributed by atoms with Crippen LogP contribution in [0.2, 0.25) is 0 Å². The number of nitrogens with zero attached hydrogens (tertiary/aromatic N) is 4. The molecular formula is C18H19I2N4O+. The van der Waals surface area contributed by atoms with Gasteiger partial charge in [-0.2, -0.15) is 0 Å². The standard InChI is InChI=1S/C8H6IN2O.C8H5IN2.2CH4/c9-6-4-8-7(10-5-6)2-1-3-11(8)12;9-6-4-8-7(11-5-6)2-1-3-10-8;;/h1-5,12H;1-5H;2*1H4/q+1;;;. The minimum Gasteiger partial charge on any atom is -0.284 e. The zero-order valence-corrected chi connectivity index (χ0v) is 16.1. The highest BCUT2D eigenvalue weighted by Crippen LogP contribution is 2.11. The number of rotatable bonds is 0. The zero-order chi connectivity index (χ0) is 16.2. The largest absolute Gasteiger partial charge is 0.284 e. The van der Waals surface area contributed by atoms with Crippen LogP contribution in [-0.4, -0.2) is 20.2 Å². The van der Waals surface area contributed by atoms with Gasteiger partial charge < -0.3 is 0 Å². The smallest absolute Gasteiger partial charge is 0.283 e. The summed E-state index contributed by atoms with van der Waals surface area (Å²) in [5.41, 5.74) is 3.43. The second-order valence-corrected chi connectivity index (χ2v) is 7.10. The molecule has 0 aliphatic heterocycles. The molecule has 4 heterocycles. The summed E-state index contributed by atoms with van der Waals surface area (Å²) in [5, 5.41) is 9.37. The third-order valence-electron chi connectivity index (χ3n) is 3.01. The first-order valence-corrected chi connectivity index (χ1v) is 8.81. The molecule has 0 saturated heterocycles. The Hall–Kier alpha value is -1.62. The fraction of sp³-hybridized carbons (Fsp3) is 0.111. The monoisotopic (exact) mass is 561 g/mol. The molecule has 0 atom stereocenters. The van der Waals surface area contributed by atoms with Crippen molar-refractivity contribution in [1.82, 2.24) is 15.0 Å². The van der Waals surface area contributed by atoms with E-state index in [9.17, 15) is 5.21 Å². The third kappa shape index (κ3) is 5.43. The maximum atomic E-state index is 9.37. The molecule has 0 spiro atoms. The Morgan fingerprint density at radius 1 is 0.800 bits per heavy atom. The Bertz CT molecular complexity index is 979. The van der Waals surface area contributed by atoms with Crippen molar-refractivity contribution in [3.63, 3.8) is 0 Å². The van der Waals surface area contributed by atoms with E-state index in [2.05, 4.69) is 60.1 Å². The van der Waals surface area contributed by atoms with Crippen LogP contribution in [0.5, 0.6) is 0 Å². The third-order valence-corrected chi connectivity index (χ3v) is 4.19. The lowest BCUT2D eigenvalue weighted by molar-refractivity contribution is -0.884. The minimum absolute atomic E-state index is 0. The van der Waals surface area contributed by atoms with E-state index in [0.29, 0.717) is 0 Å². The van der Waals surface area contributed by atoms with E-state index < -0.39 is 0 Å². The molecule has 0 amide bonds. The quantitative estimate of drug-likeness (QED) is 0.189. The van der Waals surface area contributed by atoms with Gasteiger partial charge in [-0.3, -0.25) is 15.2 Å². The van der Waals surface area contributed by atoms with Crippen molar-refractivity contribution < 1.29 is 9.94 Å². The average Bonchev–Trinajstić information content (AvgIpc) is 2.56. The Morgan fingerprint density at radius 2 is 1.44 bits per heavy atom. The molecule has 25 heavy (non-hydrogen) atoms. The number of halogens is 2. The molecule has 130 valence electrons. The zero-order valence-electron chi connectivity index (χ0n) is 11.8. The van der Waals surface area contributed by atoms with E-state index in [1.165, 1.54) is 0 Å². The van der Waals surface area contributed by atoms with Crippen molar-refractivity contribution in [2.75, 3.05) is 0 Å². The lowest BCUT2D eigenvalue weighted by Crippen LogP contribution is -2.30. The highest BCUT2D eigenvalue weighted by Gasteiger charge is 2.07. The predicted molar refractivity (Wildman–Crippen MR) is 118 cm³/mol. The Morgan fingerprint density at radius 3 is 2.20 bits per heavy atom. The van der Waals surface area contributed by atoms with Gasteiger partial charge in [0.05, 0.1) is 11.0 Å². The fourth-order valence-corrected chi connectivity index (χ4v) is 2.84. The molecule has 0 aliphatic rings. The lowest BCUT2D eigenvalue weighted by atomic mass is 10.3. The number of hydrogen-bond donors (Lipinski definition) is 1. The van der Waals surface area contributed by atoms with Crippen LogP contribution in [0.15, 0.2) is 61.2 Å². The van der Waals surface area contributed by atoms with E-state index in [4.69, 9.17) is 0 Å².